The van der Waals surface area contributed by atoms with Crippen LogP contribution < -0.4 is 9.47 Å². The summed E-state index contributed by atoms with van der Waals surface area (Å²) < 4.78 is 10.7. The summed E-state index contributed by atoms with van der Waals surface area (Å²) in [5, 5.41) is 0. The molecule has 0 radical (unpaired) electrons. The van der Waals surface area contributed by atoms with Crippen molar-refractivity contribution in [1.29, 1.82) is 0 Å². The second-order valence-electron chi connectivity index (χ2n) is 4.06. The zero-order chi connectivity index (χ0) is 11.5. The van der Waals surface area contributed by atoms with Crippen molar-refractivity contribution in [3.05, 3.63) is 23.3 Å². The molecule has 1 atom stereocenters. The van der Waals surface area contributed by atoms with Crippen molar-refractivity contribution in [3.8, 4) is 11.5 Å². The minimum absolute atomic E-state index is 0.238. The van der Waals surface area contributed by atoms with Crippen molar-refractivity contribution in [2.24, 2.45) is 0 Å². The van der Waals surface area contributed by atoms with Gasteiger partial charge in [0.25, 0.3) is 0 Å². The van der Waals surface area contributed by atoms with Crippen LogP contribution in [0, 0.1) is 0 Å². The first-order chi connectivity index (χ1) is 7.76. The van der Waals surface area contributed by atoms with Gasteiger partial charge in [-0.25, -0.2) is 0 Å². The van der Waals surface area contributed by atoms with Crippen LogP contribution >= 0.6 is 0 Å². The second-order valence-corrected chi connectivity index (χ2v) is 4.06. The molecule has 1 aromatic rings. The first kappa shape index (κ1) is 11.0. The third kappa shape index (κ3) is 1.90. The Hall–Kier alpha value is -1.51. The molecule has 0 spiro atoms. The predicted molar refractivity (Wildman–Crippen MR) is 61.0 cm³/mol. The molecule has 0 amide bonds. The third-order valence-corrected chi connectivity index (χ3v) is 3.00. The largest absolute Gasteiger partial charge is 0.454 e. The number of aldehydes is 1. The number of ether oxygens (including phenoxy) is 2. The smallest absolute Gasteiger partial charge is 0.231 e. The Labute approximate surface area is 95.4 Å². The van der Waals surface area contributed by atoms with E-state index in [2.05, 4.69) is 13.8 Å². The molecule has 1 aromatic carbocycles. The van der Waals surface area contributed by atoms with E-state index in [9.17, 15) is 4.79 Å². The normalized spacial score (nSPS) is 14.9. The zero-order valence-electron chi connectivity index (χ0n) is 9.66. The lowest BCUT2D eigenvalue weighted by Gasteiger charge is -2.14. The Kier molecular flexibility index (Phi) is 3.13. The van der Waals surface area contributed by atoms with E-state index in [-0.39, 0.29) is 5.92 Å². The van der Waals surface area contributed by atoms with Crippen molar-refractivity contribution >= 4 is 6.29 Å². The van der Waals surface area contributed by atoms with Gasteiger partial charge in [0.15, 0.2) is 11.5 Å². The van der Waals surface area contributed by atoms with Crippen LogP contribution in [0.15, 0.2) is 12.1 Å². The van der Waals surface area contributed by atoms with Crippen LogP contribution in [-0.2, 0) is 11.2 Å². The van der Waals surface area contributed by atoms with Crippen molar-refractivity contribution in [2.45, 2.75) is 32.6 Å². The molecular weight excluding hydrogens is 204 g/mol. The van der Waals surface area contributed by atoms with Gasteiger partial charge < -0.3 is 14.3 Å². The first-order valence-corrected chi connectivity index (χ1v) is 5.62. The summed E-state index contributed by atoms with van der Waals surface area (Å²) in [6.07, 6.45) is 2.45. The molecule has 1 unspecified atom stereocenters. The maximum absolute atomic E-state index is 10.6. The minimum Gasteiger partial charge on any atom is -0.454 e. The van der Waals surface area contributed by atoms with Crippen LogP contribution in [0.4, 0.5) is 0 Å². The van der Waals surface area contributed by atoms with E-state index >= 15 is 0 Å². The number of carbonyl (C=O) groups excluding carboxylic acids is 1. The number of fused-ring (bicyclic) bond motifs is 1. The molecule has 1 aliphatic heterocycles. The Balaban J connectivity index is 2.39. The summed E-state index contributed by atoms with van der Waals surface area (Å²) in [5.41, 5.74) is 2.43. The molecule has 86 valence electrons. The highest BCUT2D eigenvalue weighted by Crippen LogP contribution is 2.37. The maximum Gasteiger partial charge on any atom is 0.231 e. The molecule has 0 aliphatic carbocycles. The van der Waals surface area contributed by atoms with E-state index in [0.717, 1.165) is 24.2 Å². The number of hydrogen-bond acceptors (Lipinski definition) is 3. The van der Waals surface area contributed by atoms with Gasteiger partial charge in [-0.3, -0.25) is 0 Å². The summed E-state index contributed by atoms with van der Waals surface area (Å²) in [6.45, 7) is 4.46. The van der Waals surface area contributed by atoms with Gasteiger partial charge in [-0.05, 0) is 35.6 Å². The minimum atomic E-state index is 0.238. The van der Waals surface area contributed by atoms with Crippen LogP contribution in [0.1, 0.15) is 37.3 Å². The molecule has 0 aromatic heterocycles. The van der Waals surface area contributed by atoms with Gasteiger partial charge in [0.2, 0.25) is 6.79 Å². The number of aryl methyl sites for hydroxylation is 1. The van der Waals surface area contributed by atoms with Gasteiger partial charge in [0.1, 0.15) is 6.29 Å². The lowest BCUT2D eigenvalue weighted by molar-refractivity contribution is -0.108. The van der Waals surface area contributed by atoms with Crippen molar-refractivity contribution in [1.82, 2.24) is 0 Å². The highest BCUT2D eigenvalue weighted by molar-refractivity contribution is 5.54. The number of hydrogen-bond donors (Lipinski definition) is 0. The van der Waals surface area contributed by atoms with Gasteiger partial charge in [0.05, 0.1) is 0 Å². The molecule has 0 saturated carbocycles. The average Bonchev–Trinajstić information content (AvgIpc) is 2.74. The van der Waals surface area contributed by atoms with Crippen molar-refractivity contribution in [3.63, 3.8) is 0 Å². The number of carbonyl (C=O) groups is 1. The third-order valence-electron chi connectivity index (χ3n) is 3.00. The fourth-order valence-corrected chi connectivity index (χ4v) is 2.04. The molecule has 0 bridgehead atoms. The summed E-state index contributed by atoms with van der Waals surface area (Å²) in [6, 6.07) is 4.04. The van der Waals surface area contributed by atoms with Gasteiger partial charge >= 0.3 is 0 Å². The van der Waals surface area contributed by atoms with Crippen molar-refractivity contribution < 1.29 is 14.3 Å². The lowest BCUT2D eigenvalue weighted by Crippen LogP contribution is -1.99. The molecule has 1 aliphatic rings. The van der Waals surface area contributed by atoms with Gasteiger partial charge in [-0.2, -0.15) is 0 Å². The highest BCUT2D eigenvalue weighted by Gasteiger charge is 2.19. The van der Waals surface area contributed by atoms with Crippen LogP contribution in [0.2, 0.25) is 0 Å². The van der Waals surface area contributed by atoms with Crippen LogP contribution in [0.3, 0.4) is 0 Å². The van der Waals surface area contributed by atoms with Gasteiger partial charge in [-0.15, -0.1) is 0 Å². The lowest BCUT2D eigenvalue weighted by atomic mass is 9.92. The predicted octanol–water partition coefficient (Wildman–Crippen LogP) is 2.67. The van der Waals surface area contributed by atoms with E-state index in [0.29, 0.717) is 13.2 Å². The molecule has 2 rings (SSSR count). The molecule has 0 N–H and O–H groups in total. The Morgan fingerprint density at radius 1 is 1.38 bits per heavy atom. The summed E-state index contributed by atoms with van der Waals surface area (Å²) in [7, 11) is 0. The van der Waals surface area contributed by atoms with Crippen LogP contribution in [-0.4, -0.2) is 13.1 Å². The first-order valence-electron chi connectivity index (χ1n) is 5.62. The standard InChI is InChI=1S/C13H16O3/c1-3-10-6-12-13(16-8-15-12)7-11(10)9(2)4-5-14/h5-7,9H,3-4,8H2,1-2H3. The van der Waals surface area contributed by atoms with Crippen molar-refractivity contribution in [2.75, 3.05) is 6.79 Å². The fourth-order valence-electron chi connectivity index (χ4n) is 2.04. The monoisotopic (exact) mass is 220 g/mol. The van der Waals surface area contributed by atoms with Gasteiger partial charge in [-0.1, -0.05) is 13.8 Å². The molecule has 0 saturated heterocycles. The highest BCUT2D eigenvalue weighted by atomic mass is 16.7. The van der Waals surface area contributed by atoms with E-state index in [1.807, 2.05) is 12.1 Å². The summed E-state index contributed by atoms with van der Waals surface area (Å²) in [5.74, 6) is 1.85. The second kappa shape index (κ2) is 4.56. The van der Waals surface area contributed by atoms with E-state index in [4.69, 9.17) is 9.47 Å². The fraction of sp³-hybridized carbons (Fsp3) is 0.462. The van der Waals surface area contributed by atoms with Crippen LogP contribution in [0.25, 0.3) is 0 Å². The Bertz CT molecular complexity index is 398. The maximum atomic E-state index is 10.6. The molecule has 3 heteroatoms. The molecule has 16 heavy (non-hydrogen) atoms. The van der Waals surface area contributed by atoms with Gasteiger partial charge in [0, 0.05) is 6.42 Å². The van der Waals surface area contributed by atoms with E-state index < -0.39 is 0 Å². The molecule has 3 nitrogen and oxygen atoms in total. The quantitative estimate of drug-likeness (QED) is 0.732. The Morgan fingerprint density at radius 3 is 2.69 bits per heavy atom. The summed E-state index contributed by atoms with van der Waals surface area (Å²) >= 11 is 0. The van der Waals surface area contributed by atoms with E-state index in [1.165, 1.54) is 11.1 Å². The SMILES string of the molecule is CCc1cc2c(cc1C(C)CC=O)OCO2. The molecule has 1 heterocycles. The molecule has 0 fully saturated rings. The summed E-state index contributed by atoms with van der Waals surface area (Å²) in [4.78, 5) is 10.6. The number of rotatable bonds is 4. The number of benzene rings is 1. The molecular formula is C13H16O3. The topological polar surface area (TPSA) is 35.5 Å². The van der Waals surface area contributed by atoms with E-state index in [1.54, 1.807) is 0 Å². The average molecular weight is 220 g/mol. The van der Waals surface area contributed by atoms with Crippen LogP contribution in [0.5, 0.6) is 11.5 Å². The zero-order valence-corrected chi connectivity index (χ0v) is 9.66. The Morgan fingerprint density at radius 2 is 2.06 bits per heavy atom.